The van der Waals surface area contributed by atoms with Crippen LogP contribution >= 0.6 is 0 Å². The van der Waals surface area contributed by atoms with E-state index in [-0.39, 0.29) is 12.1 Å². The molecule has 0 unspecified atom stereocenters. The highest BCUT2D eigenvalue weighted by atomic mass is 16.5. The number of rotatable bonds is 5. The Morgan fingerprint density at radius 3 is 2.50 bits per heavy atom. The van der Waals surface area contributed by atoms with Gasteiger partial charge < -0.3 is 29.3 Å². The molecule has 0 bridgehead atoms. The summed E-state index contributed by atoms with van der Waals surface area (Å²) in [5, 5.41) is 3.00. The molecule has 1 fully saturated rings. The first-order valence-electron chi connectivity index (χ1n) is 13.2. The van der Waals surface area contributed by atoms with E-state index in [9.17, 15) is 9.59 Å². The number of hydrogen-bond donors (Lipinski definition) is 1. The standard InChI is InChI=1S/C29H38N4O5/c1-5-31-15-8-16-32(28(34)30-22-9-6-11-24(18-22)36-2)14-7-10-23-12-13-26-21(20-33(23)29(31)35)17-25(37-3)19-27(26)38-4/h6,9,11-12,17-19H,5,7-8,10,13-16,20H2,1-4H3,(H,30,34). The van der Waals surface area contributed by atoms with Gasteiger partial charge in [0.1, 0.15) is 17.2 Å². The van der Waals surface area contributed by atoms with Crippen molar-refractivity contribution in [2.75, 3.05) is 52.8 Å². The first-order valence-corrected chi connectivity index (χ1v) is 13.2. The summed E-state index contributed by atoms with van der Waals surface area (Å²) in [6.45, 7) is 4.75. The van der Waals surface area contributed by atoms with E-state index in [1.807, 2.05) is 52.0 Å². The molecule has 0 aliphatic carbocycles. The van der Waals surface area contributed by atoms with Gasteiger partial charge in [-0.3, -0.25) is 4.90 Å². The molecular formula is C29H38N4O5. The van der Waals surface area contributed by atoms with Crippen molar-refractivity contribution in [1.82, 2.24) is 14.7 Å². The lowest BCUT2D eigenvalue weighted by molar-refractivity contribution is 0.163. The average Bonchev–Trinajstić information content (AvgIpc) is 3.13. The number of nitrogens with zero attached hydrogens (tertiary/aromatic N) is 3. The van der Waals surface area contributed by atoms with E-state index in [1.165, 1.54) is 0 Å². The van der Waals surface area contributed by atoms with Crippen molar-refractivity contribution in [2.45, 2.75) is 39.2 Å². The highest BCUT2D eigenvalue weighted by molar-refractivity contribution is 5.89. The highest BCUT2D eigenvalue weighted by Crippen LogP contribution is 2.34. The largest absolute Gasteiger partial charge is 0.497 e. The maximum Gasteiger partial charge on any atom is 0.324 e. The molecule has 4 amide bonds. The SMILES string of the molecule is CCN1CCCN(C(=O)Nc2cccc(OC)c2)CCCC2=CCc3c(cc(OC)cc3OC)CN2C1=O. The number of carbonyl (C=O) groups is 2. The van der Waals surface area contributed by atoms with Crippen molar-refractivity contribution in [3.05, 3.63) is 59.3 Å². The van der Waals surface area contributed by atoms with E-state index >= 15 is 0 Å². The molecule has 2 aromatic rings. The molecule has 1 N–H and O–H groups in total. The smallest absolute Gasteiger partial charge is 0.324 e. The number of benzene rings is 2. The lowest BCUT2D eigenvalue weighted by Crippen LogP contribution is -2.43. The van der Waals surface area contributed by atoms with Crippen LogP contribution in [0.15, 0.2) is 48.2 Å². The first-order chi connectivity index (χ1) is 18.5. The molecule has 38 heavy (non-hydrogen) atoms. The molecule has 9 nitrogen and oxygen atoms in total. The maximum absolute atomic E-state index is 13.8. The van der Waals surface area contributed by atoms with Gasteiger partial charge in [-0.25, -0.2) is 9.59 Å². The molecule has 2 aliphatic rings. The molecule has 204 valence electrons. The van der Waals surface area contributed by atoms with E-state index in [2.05, 4.69) is 11.4 Å². The van der Waals surface area contributed by atoms with Gasteiger partial charge in [0.15, 0.2) is 0 Å². The molecule has 0 atom stereocenters. The topological polar surface area (TPSA) is 83.6 Å². The summed E-state index contributed by atoms with van der Waals surface area (Å²) >= 11 is 0. The summed E-state index contributed by atoms with van der Waals surface area (Å²) < 4.78 is 16.4. The van der Waals surface area contributed by atoms with Crippen molar-refractivity contribution in [3.63, 3.8) is 0 Å². The molecular weight excluding hydrogens is 484 g/mol. The second-order valence-electron chi connectivity index (χ2n) is 9.42. The number of hydrogen-bond acceptors (Lipinski definition) is 5. The summed E-state index contributed by atoms with van der Waals surface area (Å²) in [7, 11) is 4.89. The Balaban J connectivity index is 1.56. The van der Waals surface area contributed by atoms with Crippen LogP contribution in [-0.4, -0.2) is 74.3 Å². The van der Waals surface area contributed by atoms with Gasteiger partial charge in [-0.2, -0.15) is 0 Å². The predicted octanol–water partition coefficient (Wildman–Crippen LogP) is 5.11. The number of allylic oxidation sites excluding steroid dienone is 2. The molecule has 2 aromatic carbocycles. The lowest BCUT2D eigenvalue weighted by Gasteiger charge is -2.31. The molecule has 9 heteroatoms. The Morgan fingerprint density at radius 2 is 1.76 bits per heavy atom. The van der Waals surface area contributed by atoms with Crippen LogP contribution in [-0.2, 0) is 13.0 Å². The molecule has 4 rings (SSSR count). The molecule has 1 saturated heterocycles. The summed E-state index contributed by atoms with van der Waals surface area (Å²) in [6, 6.07) is 11.1. The third kappa shape index (κ3) is 6.15. The molecule has 0 saturated carbocycles. The minimum absolute atomic E-state index is 0.0114. The van der Waals surface area contributed by atoms with Crippen molar-refractivity contribution >= 4 is 17.7 Å². The van der Waals surface area contributed by atoms with Gasteiger partial charge in [0.2, 0.25) is 0 Å². The van der Waals surface area contributed by atoms with E-state index in [1.54, 1.807) is 27.4 Å². The monoisotopic (exact) mass is 522 g/mol. The number of ether oxygens (including phenoxy) is 3. The predicted molar refractivity (Wildman–Crippen MR) is 147 cm³/mol. The van der Waals surface area contributed by atoms with Crippen LogP contribution in [0.3, 0.4) is 0 Å². The van der Waals surface area contributed by atoms with Gasteiger partial charge in [-0.05, 0) is 56.4 Å². The number of methoxy groups -OCH3 is 3. The Hall–Kier alpha value is -3.88. The average molecular weight is 523 g/mol. The van der Waals surface area contributed by atoms with E-state index < -0.39 is 0 Å². The number of nitrogens with one attached hydrogen (secondary N) is 1. The van der Waals surface area contributed by atoms with Crippen LogP contribution < -0.4 is 19.5 Å². The maximum atomic E-state index is 13.8. The quantitative estimate of drug-likeness (QED) is 0.590. The third-order valence-corrected chi connectivity index (χ3v) is 7.16. The highest BCUT2D eigenvalue weighted by Gasteiger charge is 2.28. The zero-order valence-corrected chi connectivity index (χ0v) is 22.8. The minimum atomic E-state index is -0.150. The van der Waals surface area contributed by atoms with Gasteiger partial charge >= 0.3 is 12.1 Å². The van der Waals surface area contributed by atoms with Crippen LogP contribution in [0.2, 0.25) is 0 Å². The van der Waals surface area contributed by atoms with Gasteiger partial charge in [0.25, 0.3) is 0 Å². The van der Waals surface area contributed by atoms with Crippen molar-refractivity contribution in [1.29, 1.82) is 0 Å². The zero-order chi connectivity index (χ0) is 27.1. The fourth-order valence-corrected chi connectivity index (χ4v) is 5.06. The fourth-order valence-electron chi connectivity index (χ4n) is 5.06. The summed E-state index contributed by atoms with van der Waals surface area (Å²) in [5.41, 5.74) is 3.75. The van der Waals surface area contributed by atoms with Crippen molar-refractivity contribution in [2.24, 2.45) is 0 Å². The fraction of sp³-hybridized carbons (Fsp3) is 0.448. The summed E-state index contributed by atoms with van der Waals surface area (Å²) in [4.78, 5) is 32.6. The normalized spacial score (nSPS) is 16.4. The number of fused-ring (bicyclic) bond motifs is 2. The van der Waals surface area contributed by atoms with Crippen LogP contribution in [0.5, 0.6) is 17.2 Å². The zero-order valence-electron chi connectivity index (χ0n) is 22.8. The van der Waals surface area contributed by atoms with Crippen LogP contribution in [0.25, 0.3) is 0 Å². The van der Waals surface area contributed by atoms with E-state index in [0.29, 0.717) is 69.2 Å². The van der Waals surface area contributed by atoms with Gasteiger partial charge in [0, 0.05) is 55.3 Å². The molecule has 0 spiro atoms. The van der Waals surface area contributed by atoms with Crippen molar-refractivity contribution < 1.29 is 23.8 Å². The number of carbonyl (C=O) groups excluding carboxylic acids is 2. The summed E-state index contributed by atoms with van der Waals surface area (Å²) in [5.74, 6) is 2.16. The second kappa shape index (κ2) is 12.6. The van der Waals surface area contributed by atoms with E-state index in [4.69, 9.17) is 14.2 Å². The Morgan fingerprint density at radius 1 is 0.974 bits per heavy atom. The van der Waals surface area contributed by atoms with Crippen LogP contribution in [0.4, 0.5) is 15.3 Å². The molecule has 2 heterocycles. The number of amides is 4. The van der Waals surface area contributed by atoms with Gasteiger partial charge in [0.05, 0.1) is 27.9 Å². The Kier molecular flexibility index (Phi) is 8.99. The number of anilines is 1. The lowest BCUT2D eigenvalue weighted by atomic mass is 10.0. The molecule has 0 radical (unpaired) electrons. The van der Waals surface area contributed by atoms with Crippen LogP contribution in [0.1, 0.15) is 37.3 Å². The van der Waals surface area contributed by atoms with Gasteiger partial charge in [-0.15, -0.1) is 0 Å². The molecule has 0 aromatic heterocycles. The van der Waals surface area contributed by atoms with Gasteiger partial charge in [-0.1, -0.05) is 12.1 Å². The minimum Gasteiger partial charge on any atom is -0.497 e. The number of urea groups is 2. The second-order valence-corrected chi connectivity index (χ2v) is 9.42. The Labute approximate surface area is 224 Å². The first kappa shape index (κ1) is 27.2. The van der Waals surface area contributed by atoms with Crippen LogP contribution in [0, 0.1) is 0 Å². The molecule has 2 aliphatic heterocycles. The summed E-state index contributed by atoms with van der Waals surface area (Å²) in [6.07, 6.45) is 4.90. The Bertz CT molecular complexity index is 1180. The van der Waals surface area contributed by atoms with Crippen molar-refractivity contribution in [3.8, 4) is 17.2 Å². The van der Waals surface area contributed by atoms with E-state index in [0.717, 1.165) is 29.0 Å². The third-order valence-electron chi connectivity index (χ3n) is 7.16.